The molecule has 0 unspecified atom stereocenters. The van der Waals surface area contributed by atoms with E-state index in [1.807, 2.05) is 13.0 Å². The van der Waals surface area contributed by atoms with E-state index >= 15 is 0 Å². The number of ketones is 1. The Balaban J connectivity index is 1.55. The number of esters is 2. The number of aromatic hydroxyl groups is 4. The van der Waals surface area contributed by atoms with Crippen LogP contribution in [0.25, 0.3) is 6.08 Å². The molecular weight excluding hydrogens is 734 g/mol. The number of phenolic OH excluding ortho intramolecular Hbond substituents is 4. The summed E-state index contributed by atoms with van der Waals surface area (Å²) in [6.07, 6.45) is -0.899. The molecule has 1 spiro atoms. The van der Waals surface area contributed by atoms with Crippen LogP contribution in [0.3, 0.4) is 0 Å². The van der Waals surface area contributed by atoms with E-state index in [1.165, 1.54) is 19.2 Å². The smallest absolute Gasteiger partial charge is 0.336 e. The lowest BCUT2D eigenvalue weighted by Crippen LogP contribution is -2.90. The number of aryl methyl sites for hydroxylation is 1. The Kier molecular flexibility index (Phi) is 10.4. The number of aliphatic hydroxyl groups is 3. The fourth-order valence-corrected chi connectivity index (χ4v) is 8.17. The lowest BCUT2D eigenvalue weighted by molar-refractivity contribution is -0.387. The van der Waals surface area contributed by atoms with E-state index in [-0.39, 0.29) is 17.5 Å². The zero-order valence-electron chi connectivity index (χ0n) is 30.2. The summed E-state index contributed by atoms with van der Waals surface area (Å²) in [5, 5.41) is 89.7. The number of benzene rings is 3. The third-order valence-corrected chi connectivity index (χ3v) is 11.0. The second kappa shape index (κ2) is 14.6. The molecule has 2 aliphatic carbocycles. The second-order valence-corrected chi connectivity index (χ2v) is 14.2. The summed E-state index contributed by atoms with van der Waals surface area (Å²) in [6.45, 7) is 1.48. The molecule has 0 amide bonds. The first-order chi connectivity index (χ1) is 26.4. The normalized spacial score (nSPS) is 29.3. The summed E-state index contributed by atoms with van der Waals surface area (Å²) in [5.41, 5.74) is -9.61. The molecule has 2 heterocycles. The SMILES string of the molecule is CCc1cccc(C[C@H]2[C@@H](OC(=O)CC(=O)c3ccc(O)c(O)c3)[C@]3(OC(=O)C=Cc4ccc(O)c(O)c4)[C@@]4(C[C@]2(O)C(=O)O)OC[C@H](C=C4O)[C@@]3(O)NC)c1. The number of likely N-dealkylation sites (N-methyl/N-ethyl adjacent to an activating group) is 1. The molecule has 3 aromatic rings. The number of phenols is 4. The summed E-state index contributed by atoms with van der Waals surface area (Å²) in [4.78, 5) is 54.6. The van der Waals surface area contributed by atoms with Gasteiger partial charge >= 0.3 is 17.9 Å². The fourth-order valence-electron chi connectivity index (χ4n) is 8.17. The number of aliphatic carboxylic acids is 1. The van der Waals surface area contributed by atoms with Crippen molar-refractivity contribution in [2.24, 2.45) is 11.8 Å². The maximum absolute atomic E-state index is 14.0. The Hall–Kier alpha value is -5.94. The van der Waals surface area contributed by atoms with Gasteiger partial charge in [0.25, 0.3) is 0 Å². The van der Waals surface area contributed by atoms with Crippen LogP contribution in [0.5, 0.6) is 23.0 Å². The van der Waals surface area contributed by atoms with E-state index < -0.39 is 112 Å². The minimum atomic E-state index is -2.93. The van der Waals surface area contributed by atoms with Gasteiger partial charge in [0.1, 0.15) is 12.2 Å². The zero-order chi connectivity index (χ0) is 40.8. The van der Waals surface area contributed by atoms with Crippen LogP contribution in [0.2, 0.25) is 0 Å². The Morgan fingerprint density at radius 3 is 2.21 bits per heavy atom. The molecule has 9 N–H and O–H groups in total. The third-order valence-electron chi connectivity index (χ3n) is 11.0. The second-order valence-electron chi connectivity index (χ2n) is 14.2. The largest absolute Gasteiger partial charge is 0.509 e. The number of nitrogens with one attached hydrogen (secondary N) is 1. The highest BCUT2D eigenvalue weighted by Gasteiger charge is 2.85. The van der Waals surface area contributed by atoms with E-state index in [0.717, 1.165) is 48.0 Å². The van der Waals surface area contributed by atoms with Gasteiger partial charge in [0, 0.05) is 24.0 Å². The number of ether oxygens (including phenoxy) is 3. The number of carboxylic acid groups (broad SMARTS) is 1. The predicted octanol–water partition coefficient (Wildman–Crippen LogP) is 2.38. The van der Waals surface area contributed by atoms with Gasteiger partial charge in [0.2, 0.25) is 5.60 Å². The Morgan fingerprint density at radius 1 is 0.911 bits per heavy atom. The molecule has 16 heteroatoms. The van der Waals surface area contributed by atoms with Gasteiger partial charge in [-0.1, -0.05) is 37.3 Å². The van der Waals surface area contributed by atoms with Crippen molar-refractivity contribution in [1.82, 2.24) is 5.32 Å². The van der Waals surface area contributed by atoms with E-state index in [2.05, 4.69) is 5.32 Å². The number of aliphatic hydroxyl groups excluding tert-OH is 1. The number of hydrogen-bond acceptors (Lipinski definition) is 15. The summed E-state index contributed by atoms with van der Waals surface area (Å²) >= 11 is 0. The molecule has 2 aliphatic heterocycles. The van der Waals surface area contributed by atoms with Gasteiger partial charge < -0.3 is 55.1 Å². The van der Waals surface area contributed by atoms with Crippen molar-refractivity contribution in [2.45, 2.75) is 61.2 Å². The lowest BCUT2D eigenvalue weighted by atomic mass is 9.49. The van der Waals surface area contributed by atoms with Gasteiger partial charge in [-0.25, -0.2) is 9.59 Å². The standard InChI is InChI=1S/C40H41NO15/c1-3-21-5-4-6-23(13-21)14-26-35(55-34(49)18-29(44)24-9-11-28(43)31(46)16-24)39(56-33(48)12-8-22-7-10-27(42)30(45)15-22)38(20-37(26,52)36(50)51)32(47)17-25(19-54-38)40(39,53)41-2/h4-13,15-17,25-26,35,41-43,45-47,52-53H,3,14,18-20H2,1-2H3,(H,50,51)/t25-,26-,35+,37+,38-,39-,40-/m0/s1. The first-order valence-corrected chi connectivity index (χ1v) is 17.6. The van der Waals surface area contributed by atoms with Crippen LogP contribution in [-0.2, 0) is 41.4 Å². The number of rotatable bonds is 12. The third kappa shape index (κ3) is 6.39. The van der Waals surface area contributed by atoms with Crippen LogP contribution < -0.4 is 5.32 Å². The molecule has 4 aliphatic rings. The molecule has 2 fully saturated rings. The van der Waals surface area contributed by atoms with Crippen molar-refractivity contribution < 1.29 is 74.2 Å². The van der Waals surface area contributed by atoms with E-state index in [0.29, 0.717) is 12.0 Å². The molecule has 7 atom stereocenters. The molecule has 1 saturated carbocycles. The van der Waals surface area contributed by atoms with E-state index in [9.17, 15) is 60.0 Å². The molecule has 3 aromatic carbocycles. The zero-order valence-corrected chi connectivity index (χ0v) is 30.2. The summed E-state index contributed by atoms with van der Waals surface area (Å²) in [7, 11) is 1.28. The quantitative estimate of drug-likeness (QED) is 0.0319. The number of Topliss-reactive ketones (excluding diaryl/α,β-unsaturated/α-hetero) is 1. The van der Waals surface area contributed by atoms with Crippen molar-refractivity contribution in [3.63, 3.8) is 0 Å². The van der Waals surface area contributed by atoms with Crippen molar-refractivity contribution in [2.75, 3.05) is 13.7 Å². The van der Waals surface area contributed by atoms with Crippen LogP contribution >= 0.6 is 0 Å². The highest BCUT2D eigenvalue weighted by Crippen LogP contribution is 2.64. The molecule has 0 aromatic heterocycles. The monoisotopic (exact) mass is 775 g/mol. The topological polar surface area (TPSA) is 270 Å². The average Bonchev–Trinajstić information content (AvgIpc) is 3.16. The molecule has 0 radical (unpaired) electrons. The van der Waals surface area contributed by atoms with Gasteiger partial charge in [-0.15, -0.1) is 0 Å². The number of hydrogen-bond donors (Lipinski definition) is 9. The molecule has 296 valence electrons. The Bertz CT molecular complexity index is 2150. The minimum Gasteiger partial charge on any atom is -0.509 e. The highest BCUT2D eigenvalue weighted by molar-refractivity contribution is 6.06. The first kappa shape index (κ1) is 39.7. The number of carboxylic acids is 1. The van der Waals surface area contributed by atoms with Gasteiger partial charge in [0.15, 0.2) is 51.8 Å². The van der Waals surface area contributed by atoms with Crippen LogP contribution in [0.15, 0.2) is 78.6 Å². The maximum Gasteiger partial charge on any atom is 0.336 e. The van der Waals surface area contributed by atoms with Crippen LogP contribution in [0, 0.1) is 11.8 Å². The van der Waals surface area contributed by atoms with Crippen molar-refractivity contribution >= 4 is 29.8 Å². The van der Waals surface area contributed by atoms with Gasteiger partial charge in [-0.2, -0.15) is 0 Å². The Morgan fingerprint density at radius 2 is 1.59 bits per heavy atom. The maximum atomic E-state index is 14.0. The fraction of sp³-hybridized carbons (Fsp3) is 0.350. The molecular formula is C40H41NO15. The molecule has 2 bridgehead atoms. The predicted molar refractivity (Wildman–Crippen MR) is 193 cm³/mol. The van der Waals surface area contributed by atoms with Crippen LogP contribution in [0.4, 0.5) is 0 Å². The van der Waals surface area contributed by atoms with Crippen LogP contribution in [-0.4, -0.2) is 107 Å². The van der Waals surface area contributed by atoms with Crippen molar-refractivity contribution in [1.29, 1.82) is 0 Å². The molecule has 7 rings (SSSR count). The summed E-state index contributed by atoms with van der Waals surface area (Å²) in [6, 6.07) is 13.6. The van der Waals surface area contributed by atoms with E-state index in [4.69, 9.17) is 14.2 Å². The summed E-state index contributed by atoms with van der Waals surface area (Å²) < 4.78 is 18.3. The molecule has 1 saturated heterocycles. The van der Waals surface area contributed by atoms with Gasteiger partial charge in [0.05, 0.1) is 12.5 Å². The first-order valence-electron chi connectivity index (χ1n) is 17.6. The number of carbonyl (C=O) groups excluding carboxylic acids is 3. The number of fused-ring (bicyclic) bond motifs is 1. The molecule has 56 heavy (non-hydrogen) atoms. The minimum absolute atomic E-state index is 0.205. The van der Waals surface area contributed by atoms with Crippen molar-refractivity contribution in [3.8, 4) is 23.0 Å². The van der Waals surface area contributed by atoms with E-state index in [1.54, 1.807) is 18.2 Å². The van der Waals surface area contributed by atoms with Crippen LogP contribution in [0.1, 0.15) is 46.8 Å². The van der Waals surface area contributed by atoms with Gasteiger partial charge in [-0.3, -0.25) is 14.9 Å². The highest BCUT2D eigenvalue weighted by atomic mass is 16.6. The van der Waals surface area contributed by atoms with Crippen molar-refractivity contribution in [3.05, 3.63) is 101 Å². The lowest BCUT2D eigenvalue weighted by Gasteiger charge is -2.69. The average molecular weight is 776 g/mol. The Labute approximate surface area is 319 Å². The van der Waals surface area contributed by atoms with Gasteiger partial charge in [-0.05, 0) is 79.1 Å². The number of carbonyl (C=O) groups is 4. The summed E-state index contributed by atoms with van der Waals surface area (Å²) in [5.74, 6) is -11.2. The molecule has 16 nitrogen and oxygen atoms in total.